The van der Waals surface area contributed by atoms with Gasteiger partial charge in [0, 0.05) is 29.1 Å². The second-order valence-electron chi connectivity index (χ2n) is 6.42. The molecule has 24 heavy (non-hydrogen) atoms. The van der Waals surface area contributed by atoms with Crippen LogP contribution in [0.1, 0.15) is 49.8 Å². The highest BCUT2D eigenvalue weighted by atomic mass is 32.2. The zero-order valence-corrected chi connectivity index (χ0v) is 15.0. The number of thiocyanates is 1. The van der Waals surface area contributed by atoms with Crippen molar-refractivity contribution < 1.29 is 0 Å². The van der Waals surface area contributed by atoms with Crippen molar-refractivity contribution in [1.82, 2.24) is 4.98 Å². The number of thioether (sulfide) groups is 1. The summed E-state index contributed by atoms with van der Waals surface area (Å²) in [5, 5.41) is 15.6. The number of nitrogens with one attached hydrogen (secondary N) is 1. The summed E-state index contributed by atoms with van der Waals surface area (Å²) in [6, 6.07) is 8.51. The fraction of sp³-hybridized carbons (Fsp3) is 0.500. The van der Waals surface area contributed by atoms with Crippen molar-refractivity contribution in [3.63, 3.8) is 0 Å². The highest BCUT2D eigenvalue weighted by molar-refractivity contribution is 8.03. The molecule has 0 atom stereocenters. The zero-order valence-electron chi connectivity index (χ0n) is 14.2. The Balaban J connectivity index is 1.62. The molecule has 1 aromatic carbocycles. The Morgan fingerprint density at radius 1 is 1.08 bits per heavy atom. The maximum atomic E-state index is 8.51. The SMILES string of the molecule is N#CSCCCCCCNc1c2c(nc3ccccc13)CCCC2. The third-order valence-corrected chi connectivity index (χ3v) is 5.33. The average Bonchev–Trinajstić information content (AvgIpc) is 2.63. The van der Waals surface area contributed by atoms with E-state index in [2.05, 4.69) is 35.0 Å². The normalized spacial score (nSPS) is 13.5. The number of hydrogen-bond donors (Lipinski definition) is 1. The van der Waals surface area contributed by atoms with Gasteiger partial charge in [-0.1, -0.05) is 31.0 Å². The minimum Gasteiger partial charge on any atom is -0.384 e. The van der Waals surface area contributed by atoms with Gasteiger partial charge in [-0.3, -0.25) is 4.98 Å². The van der Waals surface area contributed by atoms with E-state index in [-0.39, 0.29) is 0 Å². The fourth-order valence-electron chi connectivity index (χ4n) is 3.49. The number of fused-ring (bicyclic) bond motifs is 2. The molecule has 0 amide bonds. The van der Waals surface area contributed by atoms with Crippen molar-refractivity contribution in [2.45, 2.75) is 51.4 Å². The molecule has 1 aliphatic carbocycles. The summed E-state index contributed by atoms with van der Waals surface area (Å²) in [5.41, 5.74) is 5.20. The van der Waals surface area contributed by atoms with Crippen LogP contribution in [-0.4, -0.2) is 17.3 Å². The van der Waals surface area contributed by atoms with Crippen LogP contribution in [0.25, 0.3) is 10.9 Å². The number of nitrogens with zero attached hydrogens (tertiary/aromatic N) is 2. The van der Waals surface area contributed by atoms with E-state index in [1.807, 2.05) is 0 Å². The number of benzene rings is 1. The van der Waals surface area contributed by atoms with Gasteiger partial charge in [-0.05, 0) is 61.9 Å². The Bertz CT molecular complexity index is 721. The molecule has 126 valence electrons. The lowest BCUT2D eigenvalue weighted by atomic mass is 9.92. The number of aromatic nitrogens is 1. The molecule has 0 spiro atoms. The van der Waals surface area contributed by atoms with Gasteiger partial charge in [0.25, 0.3) is 0 Å². The highest BCUT2D eigenvalue weighted by Gasteiger charge is 2.17. The number of aryl methyl sites for hydroxylation is 1. The molecule has 1 aliphatic rings. The number of unbranched alkanes of at least 4 members (excludes halogenated alkanes) is 3. The molecule has 0 saturated carbocycles. The predicted octanol–water partition coefficient (Wildman–Crippen LogP) is 5.30. The lowest BCUT2D eigenvalue weighted by molar-refractivity contribution is 0.668. The van der Waals surface area contributed by atoms with Gasteiger partial charge in [0.2, 0.25) is 0 Å². The van der Waals surface area contributed by atoms with Gasteiger partial charge < -0.3 is 5.32 Å². The summed E-state index contributed by atoms with van der Waals surface area (Å²) in [4.78, 5) is 4.89. The van der Waals surface area contributed by atoms with Gasteiger partial charge in [0.15, 0.2) is 0 Å². The molecular weight excluding hydrogens is 314 g/mol. The van der Waals surface area contributed by atoms with Crippen molar-refractivity contribution in [2.24, 2.45) is 0 Å². The number of pyridine rings is 1. The third kappa shape index (κ3) is 4.21. The number of rotatable bonds is 8. The smallest absolute Gasteiger partial charge is 0.133 e. The Morgan fingerprint density at radius 2 is 1.92 bits per heavy atom. The van der Waals surface area contributed by atoms with Crippen LogP contribution in [0, 0.1) is 10.7 Å². The van der Waals surface area contributed by atoms with E-state index < -0.39 is 0 Å². The van der Waals surface area contributed by atoms with Crippen molar-refractivity contribution in [1.29, 1.82) is 5.26 Å². The second kappa shape index (κ2) is 8.94. The fourth-order valence-corrected chi connectivity index (χ4v) is 3.93. The van der Waals surface area contributed by atoms with Crippen LogP contribution in [0.3, 0.4) is 0 Å². The first-order valence-electron chi connectivity index (χ1n) is 9.05. The first-order chi connectivity index (χ1) is 11.9. The lowest BCUT2D eigenvalue weighted by Crippen LogP contribution is -2.12. The molecule has 0 saturated heterocycles. The molecule has 0 aliphatic heterocycles. The molecule has 2 aromatic rings. The van der Waals surface area contributed by atoms with E-state index in [0.29, 0.717) is 0 Å². The number of hydrogen-bond acceptors (Lipinski definition) is 4. The summed E-state index contributed by atoms with van der Waals surface area (Å²) >= 11 is 1.37. The molecular formula is C20H25N3S. The van der Waals surface area contributed by atoms with Crippen LogP contribution >= 0.6 is 11.8 Å². The van der Waals surface area contributed by atoms with Crippen LogP contribution in [0.5, 0.6) is 0 Å². The molecule has 1 N–H and O–H groups in total. The van der Waals surface area contributed by atoms with Crippen molar-refractivity contribution in [3.05, 3.63) is 35.5 Å². The minimum atomic E-state index is 0.965. The summed E-state index contributed by atoms with van der Waals surface area (Å²) in [7, 11) is 0. The molecule has 0 radical (unpaired) electrons. The summed E-state index contributed by atoms with van der Waals surface area (Å²) in [5.74, 6) is 0.965. The maximum absolute atomic E-state index is 8.51. The van der Waals surface area contributed by atoms with E-state index in [1.165, 1.54) is 66.2 Å². The van der Waals surface area contributed by atoms with Gasteiger partial charge in [0.05, 0.1) is 5.52 Å². The molecule has 1 heterocycles. The van der Waals surface area contributed by atoms with Gasteiger partial charge >= 0.3 is 0 Å². The molecule has 4 heteroatoms. The average molecular weight is 340 g/mol. The highest BCUT2D eigenvalue weighted by Crippen LogP contribution is 2.33. The minimum absolute atomic E-state index is 0.965. The summed E-state index contributed by atoms with van der Waals surface area (Å²) < 4.78 is 0. The van der Waals surface area contributed by atoms with E-state index >= 15 is 0 Å². The predicted molar refractivity (Wildman–Crippen MR) is 103 cm³/mol. The van der Waals surface area contributed by atoms with Crippen molar-refractivity contribution >= 4 is 28.4 Å². The molecule has 1 aromatic heterocycles. The Hall–Kier alpha value is -1.73. The van der Waals surface area contributed by atoms with Gasteiger partial charge in [-0.2, -0.15) is 5.26 Å². The Kier molecular flexibility index (Phi) is 6.37. The summed E-state index contributed by atoms with van der Waals surface area (Å²) in [6.07, 6.45) is 9.58. The Labute approximate surface area is 148 Å². The molecule has 0 bridgehead atoms. The molecule has 3 rings (SSSR count). The van der Waals surface area contributed by atoms with Crippen molar-refractivity contribution in [2.75, 3.05) is 17.6 Å². The van der Waals surface area contributed by atoms with Crippen LogP contribution in [-0.2, 0) is 12.8 Å². The maximum Gasteiger partial charge on any atom is 0.133 e. The van der Waals surface area contributed by atoms with Gasteiger partial charge in [-0.15, -0.1) is 0 Å². The van der Waals surface area contributed by atoms with E-state index in [0.717, 1.165) is 37.1 Å². The van der Waals surface area contributed by atoms with Crippen LogP contribution in [0.2, 0.25) is 0 Å². The quantitative estimate of drug-likeness (QED) is 0.524. The van der Waals surface area contributed by atoms with E-state index in [4.69, 9.17) is 10.2 Å². The first kappa shape index (κ1) is 17.1. The largest absolute Gasteiger partial charge is 0.384 e. The topological polar surface area (TPSA) is 48.7 Å². The summed E-state index contributed by atoms with van der Waals surface area (Å²) in [6.45, 7) is 1.02. The number of nitriles is 1. The standard InChI is InChI=1S/C20H25N3S/c21-15-24-14-8-2-1-7-13-22-20-16-9-3-5-11-18(16)23-19-12-6-4-10-17(19)20/h3,5,9,11H,1-2,4,6-8,10,12-14H2,(H,22,23). The van der Waals surface area contributed by atoms with Gasteiger partial charge in [-0.25, -0.2) is 0 Å². The van der Waals surface area contributed by atoms with Crippen molar-refractivity contribution in [3.8, 4) is 5.40 Å². The van der Waals surface area contributed by atoms with Crippen LogP contribution in [0.4, 0.5) is 5.69 Å². The molecule has 0 unspecified atom stereocenters. The van der Waals surface area contributed by atoms with Gasteiger partial charge in [0.1, 0.15) is 5.40 Å². The molecule has 0 fully saturated rings. The number of para-hydroxylation sites is 1. The Morgan fingerprint density at radius 3 is 2.83 bits per heavy atom. The first-order valence-corrected chi connectivity index (χ1v) is 10.0. The zero-order chi connectivity index (χ0) is 16.6. The number of anilines is 1. The molecule has 3 nitrogen and oxygen atoms in total. The lowest BCUT2D eigenvalue weighted by Gasteiger charge is -2.21. The second-order valence-corrected chi connectivity index (χ2v) is 7.30. The monoisotopic (exact) mass is 339 g/mol. The van der Waals surface area contributed by atoms with Crippen LogP contribution < -0.4 is 5.32 Å². The van der Waals surface area contributed by atoms with Crippen LogP contribution in [0.15, 0.2) is 24.3 Å². The third-order valence-electron chi connectivity index (χ3n) is 4.71. The van der Waals surface area contributed by atoms with E-state index in [1.54, 1.807) is 0 Å². The van der Waals surface area contributed by atoms with E-state index in [9.17, 15) is 0 Å².